The Balaban J connectivity index is 1.69. The number of para-hydroxylation sites is 1. The lowest BCUT2D eigenvalue weighted by atomic mass is 9.98. The zero-order chi connectivity index (χ0) is 19.0. The smallest absolute Gasteiger partial charge is 0.274 e. The summed E-state index contributed by atoms with van der Waals surface area (Å²) in [4.78, 5) is 26.9. The van der Waals surface area contributed by atoms with Gasteiger partial charge in [-0.3, -0.25) is 9.59 Å². The molecule has 0 N–H and O–H groups in total. The maximum absolute atomic E-state index is 14.6. The van der Waals surface area contributed by atoms with Crippen molar-refractivity contribution in [2.45, 2.75) is 32.6 Å². The second-order valence-electron chi connectivity index (χ2n) is 6.90. The number of benzene rings is 2. The van der Waals surface area contributed by atoms with Crippen molar-refractivity contribution >= 4 is 28.9 Å². The van der Waals surface area contributed by atoms with Gasteiger partial charge in [0, 0.05) is 19.4 Å². The Labute approximate surface area is 157 Å². The highest BCUT2D eigenvalue weighted by Gasteiger charge is 2.32. The molecule has 0 fully saturated rings. The summed E-state index contributed by atoms with van der Waals surface area (Å²) in [7, 11) is 0. The molecule has 27 heavy (non-hydrogen) atoms. The van der Waals surface area contributed by atoms with E-state index >= 15 is 0 Å². The van der Waals surface area contributed by atoms with Crippen molar-refractivity contribution in [2.75, 3.05) is 16.5 Å². The van der Waals surface area contributed by atoms with E-state index in [1.54, 1.807) is 12.1 Å². The van der Waals surface area contributed by atoms with Crippen molar-refractivity contribution in [3.63, 3.8) is 0 Å². The van der Waals surface area contributed by atoms with Crippen LogP contribution in [0.15, 0.2) is 47.6 Å². The summed E-state index contributed by atoms with van der Waals surface area (Å²) < 4.78 is 14.6. The van der Waals surface area contributed by atoms with Crippen LogP contribution in [0.5, 0.6) is 0 Å². The SMILES string of the molecule is Cc1cc(F)c2c(c1)CCCN2C(=O)C1=NN(c2ccccc2)C(=O)CC1. The Kier molecular flexibility index (Phi) is 4.48. The number of amides is 2. The first kappa shape index (κ1) is 17.4. The normalized spacial score (nSPS) is 16.8. The number of rotatable bonds is 2. The molecule has 2 heterocycles. The van der Waals surface area contributed by atoms with Crippen molar-refractivity contribution in [2.24, 2.45) is 5.10 Å². The highest BCUT2D eigenvalue weighted by molar-refractivity contribution is 6.44. The summed E-state index contributed by atoms with van der Waals surface area (Å²) in [6, 6.07) is 12.4. The van der Waals surface area contributed by atoms with Crippen LogP contribution in [0.3, 0.4) is 0 Å². The molecule has 138 valence electrons. The van der Waals surface area contributed by atoms with Crippen LogP contribution in [0.2, 0.25) is 0 Å². The van der Waals surface area contributed by atoms with Gasteiger partial charge in [-0.15, -0.1) is 0 Å². The first-order valence-electron chi connectivity index (χ1n) is 9.11. The number of fused-ring (bicyclic) bond motifs is 1. The quantitative estimate of drug-likeness (QED) is 0.817. The number of anilines is 2. The van der Waals surface area contributed by atoms with Gasteiger partial charge in [0.05, 0.1) is 11.4 Å². The van der Waals surface area contributed by atoms with E-state index in [0.29, 0.717) is 17.9 Å². The third-order valence-corrected chi connectivity index (χ3v) is 4.91. The average molecular weight is 365 g/mol. The van der Waals surface area contributed by atoms with Gasteiger partial charge in [-0.05, 0) is 49.1 Å². The minimum atomic E-state index is -0.384. The summed E-state index contributed by atoms with van der Waals surface area (Å²) in [6.45, 7) is 2.29. The summed E-state index contributed by atoms with van der Waals surface area (Å²) in [5, 5.41) is 5.59. The lowest BCUT2D eigenvalue weighted by Crippen LogP contribution is -2.44. The van der Waals surface area contributed by atoms with Gasteiger partial charge in [0.15, 0.2) is 0 Å². The van der Waals surface area contributed by atoms with E-state index in [9.17, 15) is 14.0 Å². The second-order valence-corrected chi connectivity index (χ2v) is 6.90. The van der Waals surface area contributed by atoms with Gasteiger partial charge in [-0.25, -0.2) is 9.40 Å². The van der Waals surface area contributed by atoms with E-state index in [0.717, 1.165) is 24.0 Å². The number of hydrazone groups is 1. The number of aryl methyl sites for hydroxylation is 2. The number of halogens is 1. The van der Waals surface area contributed by atoms with Crippen LogP contribution in [-0.2, 0) is 16.0 Å². The topological polar surface area (TPSA) is 53.0 Å². The minimum absolute atomic E-state index is 0.154. The lowest BCUT2D eigenvalue weighted by molar-refractivity contribution is -0.118. The maximum atomic E-state index is 14.6. The van der Waals surface area contributed by atoms with Crippen molar-refractivity contribution in [1.82, 2.24) is 0 Å². The van der Waals surface area contributed by atoms with E-state index in [1.165, 1.54) is 16.0 Å². The van der Waals surface area contributed by atoms with Crippen LogP contribution < -0.4 is 9.91 Å². The molecule has 2 amide bonds. The number of nitrogens with zero attached hydrogens (tertiary/aromatic N) is 3. The molecule has 5 nitrogen and oxygen atoms in total. The van der Waals surface area contributed by atoms with Crippen LogP contribution in [0, 0.1) is 12.7 Å². The standard InChI is InChI=1S/C21H20FN3O2/c1-14-12-15-6-5-11-24(20(15)17(22)13-14)21(27)18-9-10-19(26)25(23-18)16-7-3-2-4-8-16/h2-4,7-8,12-13H,5-6,9-11H2,1H3. The lowest BCUT2D eigenvalue weighted by Gasteiger charge is -2.32. The third-order valence-electron chi connectivity index (χ3n) is 4.91. The number of hydrogen-bond acceptors (Lipinski definition) is 3. The van der Waals surface area contributed by atoms with Crippen LogP contribution in [0.1, 0.15) is 30.4 Å². The van der Waals surface area contributed by atoms with Crippen molar-refractivity contribution in [3.05, 3.63) is 59.4 Å². The molecule has 4 rings (SSSR count). The van der Waals surface area contributed by atoms with Crippen molar-refractivity contribution in [1.29, 1.82) is 0 Å². The molecule has 0 atom stereocenters. The molecular weight excluding hydrogens is 345 g/mol. The predicted octanol–water partition coefficient (Wildman–Crippen LogP) is 3.60. The van der Waals surface area contributed by atoms with E-state index in [4.69, 9.17) is 0 Å². The fraction of sp³-hybridized carbons (Fsp3) is 0.286. The molecule has 2 aromatic rings. The van der Waals surface area contributed by atoms with Crippen molar-refractivity contribution in [3.8, 4) is 0 Å². The number of carbonyl (C=O) groups excluding carboxylic acids is 2. The van der Waals surface area contributed by atoms with Gasteiger partial charge in [0.25, 0.3) is 5.91 Å². The number of carbonyl (C=O) groups is 2. The van der Waals surface area contributed by atoms with Gasteiger partial charge in [-0.2, -0.15) is 5.10 Å². The molecule has 2 aliphatic rings. The Morgan fingerprint density at radius 1 is 1.11 bits per heavy atom. The largest absolute Gasteiger partial charge is 0.304 e. The Morgan fingerprint density at radius 2 is 1.89 bits per heavy atom. The summed E-state index contributed by atoms with van der Waals surface area (Å²) in [5.41, 5.74) is 2.94. The molecule has 0 aliphatic carbocycles. The van der Waals surface area contributed by atoms with Crippen LogP contribution >= 0.6 is 0 Å². The third kappa shape index (κ3) is 3.23. The van der Waals surface area contributed by atoms with Crippen molar-refractivity contribution < 1.29 is 14.0 Å². The zero-order valence-corrected chi connectivity index (χ0v) is 15.1. The monoisotopic (exact) mass is 365 g/mol. The summed E-state index contributed by atoms with van der Waals surface area (Å²) >= 11 is 0. The fourth-order valence-electron chi connectivity index (χ4n) is 3.68. The van der Waals surface area contributed by atoms with Gasteiger partial charge >= 0.3 is 0 Å². The molecular formula is C21H20FN3O2. The molecule has 0 aromatic heterocycles. The first-order valence-corrected chi connectivity index (χ1v) is 9.11. The molecule has 0 spiro atoms. The van der Waals surface area contributed by atoms with Crippen LogP contribution in [0.25, 0.3) is 0 Å². The van der Waals surface area contributed by atoms with Crippen LogP contribution in [0.4, 0.5) is 15.8 Å². The first-order chi connectivity index (χ1) is 13.0. The van der Waals surface area contributed by atoms with Gasteiger partial charge in [0.1, 0.15) is 11.5 Å². The maximum Gasteiger partial charge on any atom is 0.274 e. The molecule has 0 radical (unpaired) electrons. The van der Waals surface area contributed by atoms with Gasteiger partial charge in [-0.1, -0.05) is 24.3 Å². The molecule has 6 heteroatoms. The summed E-state index contributed by atoms with van der Waals surface area (Å²) in [6.07, 6.45) is 1.99. The predicted molar refractivity (Wildman–Crippen MR) is 102 cm³/mol. The van der Waals surface area contributed by atoms with E-state index in [2.05, 4.69) is 5.10 Å². The fourth-order valence-corrected chi connectivity index (χ4v) is 3.68. The van der Waals surface area contributed by atoms with E-state index in [1.807, 2.05) is 31.2 Å². The van der Waals surface area contributed by atoms with Gasteiger partial charge in [0.2, 0.25) is 5.91 Å². The molecule has 0 saturated heterocycles. The van der Waals surface area contributed by atoms with Gasteiger partial charge < -0.3 is 4.90 Å². The van der Waals surface area contributed by atoms with E-state index in [-0.39, 0.29) is 36.2 Å². The highest BCUT2D eigenvalue weighted by atomic mass is 19.1. The highest BCUT2D eigenvalue weighted by Crippen LogP contribution is 2.32. The Morgan fingerprint density at radius 3 is 2.67 bits per heavy atom. The van der Waals surface area contributed by atoms with Crippen LogP contribution in [-0.4, -0.2) is 24.1 Å². The molecule has 0 unspecified atom stereocenters. The average Bonchev–Trinajstić information content (AvgIpc) is 2.68. The molecule has 2 aromatic carbocycles. The minimum Gasteiger partial charge on any atom is -0.304 e. The summed E-state index contributed by atoms with van der Waals surface area (Å²) in [5.74, 6) is -0.865. The molecule has 0 bridgehead atoms. The Hall–Kier alpha value is -3.02. The molecule has 0 saturated carbocycles. The second kappa shape index (κ2) is 6.95. The Bertz CT molecular complexity index is 940. The van der Waals surface area contributed by atoms with E-state index < -0.39 is 0 Å². The molecule has 2 aliphatic heterocycles. The zero-order valence-electron chi connectivity index (χ0n) is 15.1. The number of hydrogen-bond donors (Lipinski definition) is 0.